The Morgan fingerprint density at radius 3 is 2.48 bits per heavy atom. The van der Waals surface area contributed by atoms with Crippen LogP contribution in [0.15, 0.2) is 52.1 Å². The fourth-order valence-electron chi connectivity index (χ4n) is 3.14. The molecule has 0 unspecified atom stereocenters. The van der Waals surface area contributed by atoms with Gasteiger partial charge in [-0.25, -0.2) is 9.59 Å². The molecule has 0 radical (unpaired) electrons. The van der Waals surface area contributed by atoms with Crippen molar-refractivity contribution in [2.45, 2.75) is 26.9 Å². The maximum atomic E-state index is 12.8. The Kier molecular flexibility index (Phi) is 5.63. The molecule has 0 aliphatic carbocycles. The van der Waals surface area contributed by atoms with Crippen molar-refractivity contribution in [3.63, 3.8) is 0 Å². The van der Waals surface area contributed by atoms with Gasteiger partial charge in [-0.05, 0) is 43.7 Å². The first kappa shape index (κ1) is 20.1. The molecule has 29 heavy (non-hydrogen) atoms. The lowest BCUT2D eigenvalue weighted by atomic mass is 10.1. The van der Waals surface area contributed by atoms with Gasteiger partial charge in [0.25, 0.3) is 5.56 Å². The van der Waals surface area contributed by atoms with Crippen LogP contribution in [-0.4, -0.2) is 28.1 Å². The molecule has 0 fully saturated rings. The van der Waals surface area contributed by atoms with Gasteiger partial charge in [0.05, 0.1) is 23.6 Å². The van der Waals surface area contributed by atoms with E-state index in [0.717, 1.165) is 10.1 Å². The monoisotopic (exact) mass is 395 g/mol. The number of aryl methyl sites for hydroxylation is 1. The van der Waals surface area contributed by atoms with Crippen molar-refractivity contribution in [1.29, 1.82) is 0 Å². The number of methoxy groups -OCH3 is 1. The van der Waals surface area contributed by atoms with E-state index in [1.54, 1.807) is 50.2 Å². The summed E-state index contributed by atoms with van der Waals surface area (Å²) in [6.07, 6.45) is 0. The number of benzene rings is 2. The summed E-state index contributed by atoms with van der Waals surface area (Å²) in [6.45, 7) is 3.41. The second-order valence-corrected chi connectivity index (χ2v) is 6.50. The molecule has 0 bridgehead atoms. The van der Waals surface area contributed by atoms with Gasteiger partial charge in [0.1, 0.15) is 6.54 Å². The largest absolute Gasteiger partial charge is 0.465 e. The smallest absolute Gasteiger partial charge is 0.337 e. The van der Waals surface area contributed by atoms with Crippen molar-refractivity contribution in [2.24, 2.45) is 0 Å². The fourth-order valence-corrected chi connectivity index (χ4v) is 3.14. The van der Waals surface area contributed by atoms with Gasteiger partial charge in [-0.15, -0.1) is 0 Å². The van der Waals surface area contributed by atoms with Crippen molar-refractivity contribution in [1.82, 2.24) is 9.13 Å². The number of hydrogen-bond donors (Lipinski definition) is 1. The van der Waals surface area contributed by atoms with Crippen LogP contribution < -0.4 is 16.6 Å². The molecule has 1 amide bonds. The summed E-state index contributed by atoms with van der Waals surface area (Å²) in [5.74, 6) is -0.971. The van der Waals surface area contributed by atoms with Crippen LogP contribution in [0.4, 0.5) is 5.69 Å². The number of aromatic nitrogens is 2. The number of hydrogen-bond acceptors (Lipinski definition) is 5. The van der Waals surface area contributed by atoms with Gasteiger partial charge in [-0.3, -0.25) is 18.7 Å². The number of nitrogens with zero attached hydrogens (tertiary/aromatic N) is 2. The Morgan fingerprint density at radius 1 is 1.07 bits per heavy atom. The summed E-state index contributed by atoms with van der Waals surface area (Å²) >= 11 is 0. The van der Waals surface area contributed by atoms with Crippen molar-refractivity contribution < 1.29 is 14.3 Å². The Balaban J connectivity index is 1.99. The zero-order chi connectivity index (χ0) is 21.1. The molecular formula is C21H21N3O5. The van der Waals surface area contributed by atoms with E-state index in [9.17, 15) is 19.2 Å². The number of amides is 1. The fraction of sp³-hybridized carbons (Fsp3) is 0.238. The summed E-state index contributed by atoms with van der Waals surface area (Å²) in [7, 11) is 1.28. The van der Waals surface area contributed by atoms with Crippen LogP contribution in [0.2, 0.25) is 0 Å². The number of carbonyl (C=O) groups excluding carboxylic acids is 2. The number of anilines is 1. The molecule has 0 aliphatic heterocycles. The van der Waals surface area contributed by atoms with Gasteiger partial charge in [0, 0.05) is 12.2 Å². The van der Waals surface area contributed by atoms with E-state index < -0.39 is 17.6 Å². The highest BCUT2D eigenvalue weighted by atomic mass is 16.5. The molecular weight excluding hydrogens is 374 g/mol. The maximum absolute atomic E-state index is 12.8. The van der Waals surface area contributed by atoms with Gasteiger partial charge in [-0.2, -0.15) is 0 Å². The third-order valence-corrected chi connectivity index (χ3v) is 4.68. The number of fused-ring (bicyclic) bond motifs is 1. The Hall–Kier alpha value is -3.68. The number of carbonyl (C=O) groups is 2. The average Bonchev–Trinajstić information content (AvgIpc) is 2.72. The topological polar surface area (TPSA) is 99.4 Å². The summed E-state index contributed by atoms with van der Waals surface area (Å²) in [4.78, 5) is 49.7. The predicted octanol–water partition coefficient (Wildman–Crippen LogP) is 1.92. The molecule has 1 heterocycles. The maximum Gasteiger partial charge on any atom is 0.337 e. The van der Waals surface area contributed by atoms with Crippen LogP contribution in [0.25, 0.3) is 10.9 Å². The molecule has 8 nitrogen and oxygen atoms in total. The SMILES string of the molecule is CCn1c(=O)c2ccccc2n(CC(=O)Nc2cc(C(=O)OC)ccc2C)c1=O. The molecule has 2 aromatic carbocycles. The number of rotatable bonds is 5. The second kappa shape index (κ2) is 8.14. The zero-order valence-corrected chi connectivity index (χ0v) is 16.4. The minimum absolute atomic E-state index is 0.199. The van der Waals surface area contributed by atoms with E-state index in [-0.39, 0.29) is 18.6 Å². The summed E-state index contributed by atoms with van der Waals surface area (Å²) in [5.41, 5.74) is 0.955. The van der Waals surface area contributed by atoms with E-state index in [1.807, 2.05) is 0 Å². The molecule has 8 heteroatoms. The Morgan fingerprint density at radius 2 is 1.79 bits per heavy atom. The highest BCUT2D eigenvalue weighted by Crippen LogP contribution is 2.18. The first-order valence-corrected chi connectivity index (χ1v) is 9.08. The number of ether oxygens (including phenoxy) is 1. The average molecular weight is 395 g/mol. The zero-order valence-electron chi connectivity index (χ0n) is 16.4. The molecule has 3 rings (SSSR count). The Labute approximate surface area is 166 Å². The standard InChI is InChI=1S/C21H21N3O5/c1-4-23-19(26)15-7-5-6-8-17(15)24(21(23)28)12-18(25)22-16-11-14(20(27)29-3)10-9-13(16)2/h5-11H,4,12H2,1-3H3,(H,22,25). The summed E-state index contributed by atoms with van der Waals surface area (Å²) < 4.78 is 7.07. The van der Waals surface area contributed by atoms with E-state index in [0.29, 0.717) is 22.2 Å². The molecule has 1 aromatic heterocycles. The number of nitrogens with one attached hydrogen (secondary N) is 1. The minimum atomic E-state index is -0.550. The molecule has 0 saturated carbocycles. The van der Waals surface area contributed by atoms with Gasteiger partial charge in [0.2, 0.25) is 5.91 Å². The molecule has 0 saturated heterocycles. The molecule has 3 aromatic rings. The van der Waals surface area contributed by atoms with Crippen molar-refractivity contribution >= 4 is 28.5 Å². The lowest BCUT2D eigenvalue weighted by Gasteiger charge is -2.14. The van der Waals surface area contributed by atoms with Crippen molar-refractivity contribution in [3.8, 4) is 0 Å². The van der Waals surface area contributed by atoms with Gasteiger partial charge >= 0.3 is 11.7 Å². The third-order valence-electron chi connectivity index (χ3n) is 4.68. The van der Waals surface area contributed by atoms with E-state index in [4.69, 9.17) is 4.74 Å². The first-order chi connectivity index (χ1) is 13.9. The minimum Gasteiger partial charge on any atom is -0.465 e. The first-order valence-electron chi connectivity index (χ1n) is 9.08. The predicted molar refractivity (Wildman–Crippen MR) is 109 cm³/mol. The molecule has 0 aliphatic rings. The van der Waals surface area contributed by atoms with Crippen LogP contribution in [-0.2, 0) is 22.6 Å². The van der Waals surface area contributed by atoms with Gasteiger partial charge < -0.3 is 10.1 Å². The third kappa shape index (κ3) is 3.82. The molecule has 1 N–H and O–H groups in total. The molecule has 0 spiro atoms. The summed E-state index contributed by atoms with van der Waals surface area (Å²) in [6, 6.07) is 11.5. The summed E-state index contributed by atoms with van der Waals surface area (Å²) in [5, 5.41) is 3.09. The highest BCUT2D eigenvalue weighted by molar-refractivity contribution is 5.95. The van der Waals surface area contributed by atoms with Crippen LogP contribution in [0.3, 0.4) is 0 Å². The number of para-hydroxylation sites is 1. The van der Waals surface area contributed by atoms with E-state index in [2.05, 4.69) is 5.32 Å². The van der Waals surface area contributed by atoms with E-state index >= 15 is 0 Å². The second-order valence-electron chi connectivity index (χ2n) is 6.50. The van der Waals surface area contributed by atoms with Crippen LogP contribution in [0, 0.1) is 6.92 Å². The quantitative estimate of drug-likeness (QED) is 0.666. The van der Waals surface area contributed by atoms with Crippen molar-refractivity contribution in [3.05, 3.63) is 74.4 Å². The van der Waals surface area contributed by atoms with Crippen LogP contribution in [0.1, 0.15) is 22.8 Å². The highest BCUT2D eigenvalue weighted by Gasteiger charge is 2.16. The number of esters is 1. The lowest BCUT2D eigenvalue weighted by molar-refractivity contribution is -0.116. The van der Waals surface area contributed by atoms with Gasteiger partial charge in [-0.1, -0.05) is 18.2 Å². The van der Waals surface area contributed by atoms with E-state index in [1.165, 1.54) is 17.7 Å². The lowest BCUT2D eigenvalue weighted by Crippen LogP contribution is -2.41. The van der Waals surface area contributed by atoms with Crippen LogP contribution >= 0.6 is 0 Å². The molecule has 0 atom stereocenters. The Bertz CT molecular complexity index is 1220. The normalized spacial score (nSPS) is 10.7. The molecule has 150 valence electrons. The van der Waals surface area contributed by atoms with Crippen molar-refractivity contribution in [2.75, 3.05) is 12.4 Å². The van der Waals surface area contributed by atoms with Crippen LogP contribution in [0.5, 0.6) is 0 Å². The van der Waals surface area contributed by atoms with Gasteiger partial charge in [0.15, 0.2) is 0 Å².